The van der Waals surface area contributed by atoms with E-state index in [2.05, 4.69) is 15.2 Å². The molecule has 2 rings (SSSR count). The van der Waals surface area contributed by atoms with Crippen molar-refractivity contribution in [1.82, 2.24) is 10.3 Å². The molecule has 1 aromatic rings. The average Bonchev–Trinajstić information content (AvgIpc) is 2.57. The van der Waals surface area contributed by atoms with Crippen LogP contribution in [0.4, 0.5) is 19.0 Å². The fourth-order valence-corrected chi connectivity index (χ4v) is 2.93. The van der Waals surface area contributed by atoms with Gasteiger partial charge in [-0.05, 0) is 30.9 Å². The smallest absolute Gasteiger partial charge is 0.378 e. The zero-order valence-corrected chi connectivity index (χ0v) is 15.4. The number of rotatable bonds is 6. The molecular weight excluding hydrogens is 347 g/mol. The molecule has 26 heavy (non-hydrogen) atoms. The highest BCUT2D eigenvalue weighted by atomic mass is 19.4. The number of anilines is 1. The van der Waals surface area contributed by atoms with Gasteiger partial charge in [0.2, 0.25) is 0 Å². The Morgan fingerprint density at radius 3 is 2.58 bits per heavy atom. The maximum absolute atomic E-state index is 12.5. The molecule has 0 unspecified atom stereocenters. The molecular formula is C18H26F3N3O2. The summed E-state index contributed by atoms with van der Waals surface area (Å²) >= 11 is 0. The van der Waals surface area contributed by atoms with Gasteiger partial charge in [0.1, 0.15) is 5.82 Å². The number of nitrogens with one attached hydrogen (secondary N) is 1. The van der Waals surface area contributed by atoms with Crippen LogP contribution >= 0.6 is 0 Å². The number of hydrogen-bond acceptors (Lipinski definition) is 4. The summed E-state index contributed by atoms with van der Waals surface area (Å²) in [5.41, 5.74) is 1.90. The lowest BCUT2D eigenvalue weighted by molar-refractivity contribution is -0.135. The molecule has 146 valence electrons. The van der Waals surface area contributed by atoms with Gasteiger partial charge in [0, 0.05) is 26.1 Å². The van der Waals surface area contributed by atoms with Crippen LogP contribution in [0.3, 0.4) is 0 Å². The summed E-state index contributed by atoms with van der Waals surface area (Å²) in [6.07, 6.45) is -5.24. The van der Waals surface area contributed by atoms with E-state index >= 15 is 0 Å². The van der Waals surface area contributed by atoms with Crippen LogP contribution in [0.1, 0.15) is 54.2 Å². The lowest BCUT2D eigenvalue weighted by Crippen LogP contribution is -2.37. The van der Waals surface area contributed by atoms with Gasteiger partial charge >= 0.3 is 6.18 Å². The van der Waals surface area contributed by atoms with Gasteiger partial charge in [-0.1, -0.05) is 13.8 Å². The van der Waals surface area contributed by atoms with E-state index in [0.717, 1.165) is 24.5 Å². The number of pyridine rings is 1. The second-order valence-electron chi connectivity index (χ2n) is 6.79. The Morgan fingerprint density at radius 2 is 2.00 bits per heavy atom. The molecule has 1 aromatic heterocycles. The van der Waals surface area contributed by atoms with Crippen LogP contribution in [0.2, 0.25) is 0 Å². The van der Waals surface area contributed by atoms with Gasteiger partial charge < -0.3 is 15.0 Å². The van der Waals surface area contributed by atoms with E-state index < -0.39 is 12.6 Å². The zero-order chi connectivity index (χ0) is 19.3. The Balaban J connectivity index is 2.14. The fraction of sp³-hybridized carbons (Fsp3) is 0.667. The number of nitrogens with zero attached hydrogens (tertiary/aromatic N) is 2. The third-order valence-corrected chi connectivity index (χ3v) is 4.26. The molecule has 0 bridgehead atoms. The lowest BCUT2D eigenvalue weighted by Gasteiger charge is -2.29. The summed E-state index contributed by atoms with van der Waals surface area (Å²) < 4.78 is 42.0. The molecule has 0 radical (unpaired) electrons. The van der Waals surface area contributed by atoms with Crippen LogP contribution in [-0.4, -0.2) is 49.9 Å². The number of hydrogen-bond donors (Lipinski definition) is 1. The van der Waals surface area contributed by atoms with Crippen molar-refractivity contribution in [1.29, 1.82) is 0 Å². The van der Waals surface area contributed by atoms with Gasteiger partial charge in [-0.25, -0.2) is 4.98 Å². The minimum Gasteiger partial charge on any atom is -0.378 e. The molecule has 1 fully saturated rings. The highest BCUT2D eigenvalue weighted by molar-refractivity contribution is 5.97. The molecule has 8 heteroatoms. The molecule has 2 heterocycles. The van der Waals surface area contributed by atoms with E-state index in [9.17, 15) is 18.0 Å². The number of morpholine rings is 1. The van der Waals surface area contributed by atoms with Crippen molar-refractivity contribution in [2.75, 3.05) is 37.7 Å². The Labute approximate surface area is 151 Å². The molecule has 1 saturated heterocycles. The quantitative estimate of drug-likeness (QED) is 0.777. The zero-order valence-electron chi connectivity index (χ0n) is 15.4. The Hall–Kier alpha value is -1.83. The molecule has 1 aliphatic heterocycles. The van der Waals surface area contributed by atoms with Crippen molar-refractivity contribution in [3.8, 4) is 0 Å². The Bertz CT molecular complexity index is 627. The second kappa shape index (κ2) is 8.70. The summed E-state index contributed by atoms with van der Waals surface area (Å²) in [5, 5.41) is 2.59. The van der Waals surface area contributed by atoms with Gasteiger partial charge in [0.05, 0.1) is 24.5 Å². The van der Waals surface area contributed by atoms with Gasteiger partial charge in [0.25, 0.3) is 5.91 Å². The first-order valence-electron chi connectivity index (χ1n) is 8.88. The van der Waals surface area contributed by atoms with Crippen LogP contribution in [-0.2, 0) is 4.74 Å². The predicted octanol–water partition coefficient (Wildman–Crippen LogP) is 3.42. The second-order valence-corrected chi connectivity index (χ2v) is 6.79. The first-order valence-corrected chi connectivity index (χ1v) is 8.88. The molecule has 0 aromatic carbocycles. The Kier molecular flexibility index (Phi) is 6.86. The third-order valence-electron chi connectivity index (χ3n) is 4.26. The molecule has 0 saturated carbocycles. The number of aryl methyl sites for hydroxylation is 1. The number of halogens is 3. The van der Waals surface area contributed by atoms with Crippen LogP contribution < -0.4 is 10.2 Å². The van der Waals surface area contributed by atoms with Gasteiger partial charge in [0.15, 0.2) is 0 Å². The normalized spacial score (nSPS) is 15.4. The number of amides is 1. The fourth-order valence-electron chi connectivity index (χ4n) is 2.93. The van der Waals surface area contributed by atoms with Crippen LogP contribution in [0.15, 0.2) is 6.07 Å². The van der Waals surface area contributed by atoms with Crippen molar-refractivity contribution < 1.29 is 22.7 Å². The van der Waals surface area contributed by atoms with Gasteiger partial charge in [-0.3, -0.25) is 4.79 Å². The largest absolute Gasteiger partial charge is 0.389 e. The third kappa shape index (κ3) is 5.59. The summed E-state index contributed by atoms with van der Waals surface area (Å²) in [6.45, 7) is 8.48. The summed E-state index contributed by atoms with van der Waals surface area (Å²) in [4.78, 5) is 19.3. The van der Waals surface area contributed by atoms with E-state index in [1.54, 1.807) is 0 Å². The van der Waals surface area contributed by atoms with E-state index in [1.165, 1.54) is 0 Å². The summed E-state index contributed by atoms with van der Waals surface area (Å²) in [6, 6.07) is 1.86. The maximum atomic E-state index is 12.5. The molecule has 5 nitrogen and oxygen atoms in total. The maximum Gasteiger partial charge on any atom is 0.389 e. The van der Waals surface area contributed by atoms with Gasteiger partial charge in [-0.2, -0.15) is 13.2 Å². The minimum absolute atomic E-state index is 0.0134. The van der Waals surface area contributed by atoms with Crippen LogP contribution in [0, 0.1) is 6.92 Å². The predicted molar refractivity (Wildman–Crippen MR) is 93.7 cm³/mol. The number of carbonyl (C=O) groups excluding carboxylic acids is 1. The number of carbonyl (C=O) groups is 1. The minimum atomic E-state index is -4.20. The van der Waals surface area contributed by atoms with Crippen molar-refractivity contribution in [3.63, 3.8) is 0 Å². The van der Waals surface area contributed by atoms with Crippen LogP contribution in [0.25, 0.3) is 0 Å². The SMILES string of the molecule is Cc1cc(N2CCOCC2)nc(C(C)C)c1C(=O)NCCCC(F)(F)F. The van der Waals surface area contributed by atoms with Crippen molar-refractivity contribution in [2.45, 2.75) is 45.7 Å². The van der Waals surface area contributed by atoms with Crippen molar-refractivity contribution in [3.05, 3.63) is 22.9 Å². The highest BCUT2D eigenvalue weighted by Gasteiger charge is 2.26. The molecule has 0 aliphatic carbocycles. The van der Waals surface area contributed by atoms with E-state index in [-0.39, 0.29) is 24.8 Å². The van der Waals surface area contributed by atoms with E-state index in [1.807, 2.05) is 26.8 Å². The average molecular weight is 373 g/mol. The molecule has 1 aliphatic rings. The summed E-state index contributed by atoms with van der Waals surface area (Å²) in [7, 11) is 0. The monoisotopic (exact) mass is 373 g/mol. The topological polar surface area (TPSA) is 54.5 Å². The summed E-state index contributed by atoms with van der Waals surface area (Å²) in [5.74, 6) is 0.461. The lowest BCUT2D eigenvalue weighted by atomic mass is 9.98. The van der Waals surface area contributed by atoms with Crippen molar-refractivity contribution in [2.24, 2.45) is 0 Å². The highest BCUT2D eigenvalue weighted by Crippen LogP contribution is 2.26. The molecule has 1 N–H and O–H groups in total. The Morgan fingerprint density at radius 1 is 1.35 bits per heavy atom. The number of aromatic nitrogens is 1. The molecule has 0 spiro atoms. The van der Waals surface area contributed by atoms with E-state index in [4.69, 9.17) is 4.74 Å². The number of alkyl halides is 3. The van der Waals surface area contributed by atoms with Gasteiger partial charge in [-0.15, -0.1) is 0 Å². The molecule has 0 atom stereocenters. The first kappa shape index (κ1) is 20.5. The standard InChI is InChI=1S/C18H26F3N3O2/c1-12(2)16-15(17(25)22-6-4-5-18(19,20)21)13(3)11-14(23-16)24-7-9-26-10-8-24/h11-12H,4-10H2,1-3H3,(H,22,25). The first-order chi connectivity index (χ1) is 12.2. The van der Waals surface area contributed by atoms with Crippen molar-refractivity contribution >= 4 is 11.7 Å². The molecule has 1 amide bonds. The van der Waals surface area contributed by atoms with Crippen LogP contribution in [0.5, 0.6) is 0 Å². The van der Waals surface area contributed by atoms with E-state index in [0.29, 0.717) is 24.5 Å². The number of ether oxygens (including phenoxy) is 1.